The number of nitroso groups, excluding NO2 is 1. The van der Waals surface area contributed by atoms with Crippen LogP contribution in [0.5, 0.6) is 0 Å². The van der Waals surface area contributed by atoms with E-state index in [9.17, 15) is 4.91 Å². The Morgan fingerprint density at radius 3 is 2.57 bits per heavy atom. The number of benzene rings is 1. The van der Waals surface area contributed by atoms with Crippen LogP contribution >= 0.6 is 0 Å². The lowest BCUT2D eigenvalue weighted by Gasteiger charge is -2.03. The molecule has 0 saturated heterocycles. The lowest BCUT2D eigenvalue weighted by Crippen LogP contribution is -2.14. The molecule has 3 heteroatoms. The quantitative estimate of drug-likeness (QED) is 0.556. The molecule has 1 N–H and O–H groups in total. The molecule has 0 radical (unpaired) electrons. The van der Waals surface area contributed by atoms with E-state index in [0.29, 0.717) is 5.69 Å². The fraction of sp³-hybridized carbons (Fsp3) is 0.455. The maximum atomic E-state index is 10.2. The Bertz CT molecular complexity index is 269. The molecule has 0 aromatic heterocycles. The minimum Gasteiger partial charge on any atom is -0.313 e. The zero-order valence-corrected chi connectivity index (χ0v) is 8.49. The van der Waals surface area contributed by atoms with E-state index in [0.717, 1.165) is 13.1 Å². The van der Waals surface area contributed by atoms with Crippen molar-refractivity contribution in [1.82, 2.24) is 5.32 Å². The predicted octanol–water partition coefficient (Wildman–Crippen LogP) is 2.97. The number of hydrogen-bond donors (Lipinski definition) is 1. The summed E-state index contributed by atoms with van der Waals surface area (Å²) in [6.07, 6.45) is 2.41. The third kappa shape index (κ3) is 3.66. The van der Waals surface area contributed by atoms with Crippen molar-refractivity contribution in [2.24, 2.45) is 5.18 Å². The van der Waals surface area contributed by atoms with Crippen molar-refractivity contribution in [3.8, 4) is 0 Å². The number of unbranched alkanes of at least 4 members (excludes halogenated alkanes) is 1. The zero-order chi connectivity index (χ0) is 10.2. The second kappa shape index (κ2) is 6.27. The fourth-order valence-electron chi connectivity index (χ4n) is 1.21. The zero-order valence-electron chi connectivity index (χ0n) is 8.49. The molecule has 1 aromatic carbocycles. The monoisotopic (exact) mass is 192 g/mol. The van der Waals surface area contributed by atoms with Gasteiger partial charge in [-0.05, 0) is 35.8 Å². The van der Waals surface area contributed by atoms with E-state index < -0.39 is 0 Å². The van der Waals surface area contributed by atoms with E-state index in [1.54, 1.807) is 12.1 Å². The molecule has 3 nitrogen and oxygen atoms in total. The van der Waals surface area contributed by atoms with Crippen LogP contribution in [-0.4, -0.2) is 6.54 Å². The Morgan fingerprint density at radius 2 is 2.00 bits per heavy atom. The number of nitrogens with one attached hydrogen (secondary N) is 1. The number of rotatable bonds is 6. The van der Waals surface area contributed by atoms with Gasteiger partial charge >= 0.3 is 0 Å². The van der Waals surface area contributed by atoms with Crippen molar-refractivity contribution in [1.29, 1.82) is 0 Å². The number of nitrogens with zero attached hydrogens (tertiary/aromatic N) is 1. The van der Waals surface area contributed by atoms with Gasteiger partial charge in [0.25, 0.3) is 0 Å². The topological polar surface area (TPSA) is 41.5 Å². The van der Waals surface area contributed by atoms with Gasteiger partial charge in [-0.2, -0.15) is 0 Å². The van der Waals surface area contributed by atoms with Crippen LogP contribution in [0.3, 0.4) is 0 Å². The number of hydrogen-bond acceptors (Lipinski definition) is 3. The Labute approximate surface area is 84.5 Å². The van der Waals surface area contributed by atoms with Gasteiger partial charge in [-0.3, -0.25) is 0 Å². The Balaban J connectivity index is 2.32. The van der Waals surface area contributed by atoms with Crippen LogP contribution in [0.15, 0.2) is 29.4 Å². The second-order valence-corrected chi connectivity index (χ2v) is 3.29. The summed E-state index contributed by atoms with van der Waals surface area (Å²) in [5.74, 6) is 0. The molecule has 0 saturated carbocycles. The standard InChI is InChI=1S/C11H16N2O/c1-2-3-8-12-9-10-4-6-11(13-14)7-5-10/h4-7,12H,2-3,8-9H2,1H3. The molecule has 0 aliphatic heterocycles. The summed E-state index contributed by atoms with van der Waals surface area (Å²) in [5, 5.41) is 6.18. The molecular weight excluding hydrogens is 176 g/mol. The Kier molecular flexibility index (Phi) is 4.86. The van der Waals surface area contributed by atoms with E-state index in [2.05, 4.69) is 17.4 Å². The first-order valence-corrected chi connectivity index (χ1v) is 5.00. The van der Waals surface area contributed by atoms with Crippen LogP contribution in [0.1, 0.15) is 25.3 Å². The Hall–Kier alpha value is -1.22. The van der Waals surface area contributed by atoms with Crippen LogP contribution in [0, 0.1) is 4.91 Å². The van der Waals surface area contributed by atoms with E-state index in [4.69, 9.17) is 0 Å². The van der Waals surface area contributed by atoms with Gasteiger partial charge < -0.3 is 5.32 Å². The average molecular weight is 192 g/mol. The van der Waals surface area contributed by atoms with Crippen molar-refractivity contribution in [2.75, 3.05) is 6.54 Å². The molecule has 0 aliphatic carbocycles. The highest BCUT2D eigenvalue weighted by Gasteiger charge is 1.93. The molecule has 0 fully saturated rings. The molecule has 14 heavy (non-hydrogen) atoms. The van der Waals surface area contributed by atoms with Crippen molar-refractivity contribution in [2.45, 2.75) is 26.3 Å². The largest absolute Gasteiger partial charge is 0.313 e. The van der Waals surface area contributed by atoms with Gasteiger partial charge in [-0.25, -0.2) is 0 Å². The average Bonchev–Trinajstić information content (AvgIpc) is 2.25. The first-order valence-electron chi connectivity index (χ1n) is 5.00. The van der Waals surface area contributed by atoms with E-state index in [-0.39, 0.29) is 0 Å². The van der Waals surface area contributed by atoms with Crippen LogP contribution in [0.25, 0.3) is 0 Å². The highest BCUT2D eigenvalue weighted by atomic mass is 16.3. The van der Waals surface area contributed by atoms with Crippen LogP contribution < -0.4 is 5.32 Å². The third-order valence-electron chi connectivity index (χ3n) is 2.08. The minimum atomic E-state index is 0.488. The lowest BCUT2D eigenvalue weighted by atomic mass is 10.2. The van der Waals surface area contributed by atoms with Crippen molar-refractivity contribution in [3.63, 3.8) is 0 Å². The third-order valence-corrected chi connectivity index (χ3v) is 2.08. The van der Waals surface area contributed by atoms with E-state index in [1.807, 2.05) is 12.1 Å². The van der Waals surface area contributed by atoms with Gasteiger partial charge in [-0.15, -0.1) is 4.91 Å². The van der Waals surface area contributed by atoms with Gasteiger partial charge in [0.15, 0.2) is 0 Å². The fourth-order valence-corrected chi connectivity index (χ4v) is 1.21. The van der Waals surface area contributed by atoms with Gasteiger partial charge in [0.05, 0.1) is 0 Å². The highest BCUT2D eigenvalue weighted by Crippen LogP contribution is 2.11. The summed E-state index contributed by atoms with van der Waals surface area (Å²) in [5.41, 5.74) is 1.68. The summed E-state index contributed by atoms with van der Waals surface area (Å²) in [6, 6.07) is 7.33. The smallest absolute Gasteiger partial charge is 0.108 e. The molecule has 76 valence electrons. The molecule has 0 aliphatic rings. The lowest BCUT2D eigenvalue weighted by molar-refractivity contribution is 0.641. The normalized spacial score (nSPS) is 10.1. The molecular formula is C11H16N2O. The minimum absolute atomic E-state index is 0.488. The molecule has 0 heterocycles. The Morgan fingerprint density at radius 1 is 1.29 bits per heavy atom. The van der Waals surface area contributed by atoms with Crippen molar-refractivity contribution < 1.29 is 0 Å². The van der Waals surface area contributed by atoms with Gasteiger partial charge in [0.1, 0.15) is 5.69 Å². The first kappa shape index (κ1) is 10.9. The first-order chi connectivity index (χ1) is 6.86. The molecule has 1 rings (SSSR count). The van der Waals surface area contributed by atoms with Gasteiger partial charge in [0.2, 0.25) is 0 Å². The molecule has 0 spiro atoms. The van der Waals surface area contributed by atoms with Crippen molar-refractivity contribution in [3.05, 3.63) is 34.7 Å². The molecule has 0 atom stereocenters. The second-order valence-electron chi connectivity index (χ2n) is 3.29. The SMILES string of the molecule is CCCCNCc1ccc(N=O)cc1. The summed E-state index contributed by atoms with van der Waals surface area (Å²) in [7, 11) is 0. The molecule has 0 amide bonds. The molecule has 0 bridgehead atoms. The van der Waals surface area contributed by atoms with Crippen LogP contribution in [0.4, 0.5) is 5.69 Å². The molecule has 1 aromatic rings. The van der Waals surface area contributed by atoms with Crippen LogP contribution in [-0.2, 0) is 6.54 Å². The van der Waals surface area contributed by atoms with E-state index in [1.165, 1.54) is 18.4 Å². The predicted molar refractivity (Wildman–Crippen MR) is 58.5 cm³/mol. The summed E-state index contributed by atoms with van der Waals surface area (Å²) in [6.45, 7) is 4.08. The summed E-state index contributed by atoms with van der Waals surface area (Å²) < 4.78 is 0. The maximum absolute atomic E-state index is 10.2. The maximum Gasteiger partial charge on any atom is 0.108 e. The van der Waals surface area contributed by atoms with Crippen molar-refractivity contribution >= 4 is 5.69 Å². The summed E-state index contributed by atoms with van der Waals surface area (Å²) in [4.78, 5) is 10.2. The van der Waals surface area contributed by atoms with Gasteiger partial charge in [-0.1, -0.05) is 25.5 Å². The van der Waals surface area contributed by atoms with Gasteiger partial charge in [0, 0.05) is 6.54 Å². The van der Waals surface area contributed by atoms with E-state index >= 15 is 0 Å². The van der Waals surface area contributed by atoms with Crippen LogP contribution in [0.2, 0.25) is 0 Å². The molecule has 0 unspecified atom stereocenters. The highest BCUT2D eigenvalue weighted by molar-refractivity contribution is 5.38. The summed E-state index contributed by atoms with van der Waals surface area (Å²) >= 11 is 0.